The Morgan fingerprint density at radius 3 is 2.80 bits per heavy atom. The van der Waals surface area contributed by atoms with Crippen LogP contribution in [0.4, 0.5) is 11.5 Å². The maximum Gasteiger partial charge on any atom is 0.335 e. The molecule has 0 atom stereocenters. The molecule has 0 unspecified atom stereocenters. The Hall–Kier alpha value is -2.34. The van der Waals surface area contributed by atoms with Crippen molar-refractivity contribution >= 4 is 29.1 Å². The molecule has 0 aliphatic heterocycles. The normalized spacial score (nSPS) is 10.3. The highest BCUT2D eigenvalue weighted by atomic mass is 35.5. The fraction of sp³-hybridized carbons (Fsp3) is 0.154. The summed E-state index contributed by atoms with van der Waals surface area (Å²) in [7, 11) is 0. The average Bonchev–Trinajstić information content (AvgIpc) is 2.40. The van der Waals surface area contributed by atoms with Crippen molar-refractivity contribution < 1.29 is 9.90 Å². The second-order valence-corrected chi connectivity index (χ2v) is 4.46. The quantitative estimate of drug-likeness (QED) is 0.804. The van der Waals surface area contributed by atoms with E-state index in [1.807, 2.05) is 6.92 Å². The maximum atomic E-state index is 11.4. The number of carbonyl (C=O) groups is 1. The number of anilines is 2. The molecule has 1 aromatic heterocycles. The zero-order valence-electron chi connectivity index (χ0n) is 10.6. The van der Waals surface area contributed by atoms with E-state index in [-0.39, 0.29) is 16.1 Å². The third-order valence-corrected chi connectivity index (χ3v) is 2.92. The summed E-state index contributed by atoms with van der Waals surface area (Å²) in [6.07, 6.45) is 0.594. The zero-order chi connectivity index (χ0) is 14.7. The van der Waals surface area contributed by atoms with Crippen molar-refractivity contribution in [3.05, 3.63) is 51.0 Å². The molecule has 0 aliphatic carbocycles. The van der Waals surface area contributed by atoms with E-state index < -0.39 is 5.97 Å². The molecule has 2 aromatic rings. The molecule has 0 radical (unpaired) electrons. The SMILES string of the molecule is CCc1nc(Nc2ccc(C(=O)O)cc2Cl)cc(=O)[nH]1. The first kappa shape index (κ1) is 14.1. The van der Waals surface area contributed by atoms with Crippen LogP contribution in [0.3, 0.4) is 0 Å². The number of halogens is 1. The first-order valence-electron chi connectivity index (χ1n) is 5.89. The lowest BCUT2D eigenvalue weighted by Crippen LogP contribution is -2.11. The Bertz CT molecular complexity index is 712. The number of carboxylic acids is 1. The predicted molar refractivity (Wildman–Crippen MR) is 75.9 cm³/mol. The van der Waals surface area contributed by atoms with Gasteiger partial charge in [0.15, 0.2) is 0 Å². The summed E-state index contributed by atoms with van der Waals surface area (Å²) in [6.45, 7) is 1.87. The summed E-state index contributed by atoms with van der Waals surface area (Å²) >= 11 is 6.00. The molecule has 0 spiro atoms. The van der Waals surface area contributed by atoms with Gasteiger partial charge in [0.05, 0.1) is 16.3 Å². The highest BCUT2D eigenvalue weighted by molar-refractivity contribution is 6.33. The third-order valence-electron chi connectivity index (χ3n) is 2.60. The second kappa shape index (κ2) is 5.75. The molecule has 0 aliphatic rings. The van der Waals surface area contributed by atoms with E-state index in [1.54, 1.807) is 0 Å². The van der Waals surface area contributed by atoms with Gasteiger partial charge in [0.1, 0.15) is 11.6 Å². The van der Waals surface area contributed by atoms with Gasteiger partial charge in [0, 0.05) is 12.5 Å². The van der Waals surface area contributed by atoms with Crippen molar-refractivity contribution in [1.82, 2.24) is 9.97 Å². The van der Waals surface area contributed by atoms with E-state index in [0.29, 0.717) is 23.8 Å². The molecule has 1 heterocycles. The van der Waals surface area contributed by atoms with Gasteiger partial charge in [-0.2, -0.15) is 0 Å². The number of aromatic nitrogens is 2. The van der Waals surface area contributed by atoms with Gasteiger partial charge < -0.3 is 15.4 Å². The molecule has 2 rings (SSSR count). The number of aryl methyl sites for hydroxylation is 1. The van der Waals surface area contributed by atoms with Crippen LogP contribution in [0, 0.1) is 0 Å². The van der Waals surface area contributed by atoms with Crippen LogP contribution in [-0.4, -0.2) is 21.0 Å². The molecule has 7 heteroatoms. The number of nitrogens with zero attached hydrogens (tertiary/aromatic N) is 1. The second-order valence-electron chi connectivity index (χ2n) is 4.06. The fourth-order valence-corrected chi connectivity index (χ4v) is 1.85. The lowest BCUT2D eigenvalue weighted by molar-refractivity contribution is 0.0697. The van der Waals surface area contributed by atoms with Crippen LogP contribution in [-0.2, 0) is 6.42 Å². The van der Waals surface area contributed by atoms with E-state index in [1.165, 1.54) is 24.3 Å². The molecule has 3 N–H and O–H groups in total. The first-order valence-corrected chi connectivity index (χ1v) is 6.27. The van der Waals surface area contributed by atoms with Gasteiger partial charge in [-0.1, -0.05) is 18.5 Å². The van der Waals surface area contributed by atoms with Gasteiger partial charge in [-0.05, 0) is 18.2 Å². The Labute approximate surface area is 119 Å². The third kappa shape index (κ3) is 3.16. The monoisotopic (exact) mass is 293 g/mol. The van der Waals surface area contributed by atoms with Crippen molar-refractivity contribution in [3.63, 3.8) is 0 Å². The number of carboxylic acid groups (broad SMARTS) is 1. The fourth-order valence-electron chi connectivity index (χ4n) is 1.63. The van der Waals surface area contributed by atoms with Crippen LogP contribution in [0.1, 0.15) is 23.1 Å². The van der Waals surface area contributed by atoms with Gasteiger partial charge in [0.25, 0.3) is 5.56 Å². The number of aromatic amines is 1. The number of rotatable bonds is 4. The van der Waals surface area contributed by atoms with Crippen molar-refractivity contribution in [2.75, 3.05) is 5.32 Å². The van der Waals surface area contributed by atoms with E-state index in [0.717, 1.165) is 0 Å². The van der Waals surface area contributed by atoms with Gasteiger partial charge in [0.2, 0.25) is 0 Å². The van der Waals surface area contributed by atoms with Crippen LogP contribution in [0.15, 0.2) is 29.1 Å². The zero-order valence-corrected chi connectivity index (χ0v) is 11.4. The highest BCUT2D eigenvalue weighted by Crippen LogP contribution is 2.25. The molecule has 0 fully saturated rings. The molecule has 0 bridgehead atoms. The van der Waals surface area contributed by atoms with Gasteiger partial charge in [-0.3, -0.25) is 4.79 Å². The van der Waals surface area contributed by atoms with Crippen LogP contribution >= 0.6 is 11.6 Å². The number of hydrogen-bond acceptors (Lipinski definition) is 4. The van der Waals surface area contributed by atoms with E-state index in [4.69, 9.17) is 16.7 Å². The average molecular weight is 294 g/mol. The molecule has 104 valence electrons. The summed E-state index contributed by atoms with van der Waals surface area (Å²) in [5.41, 5.74) is 0.308. The number of H-pyrrole nitrogens is 1. The molecule has 0 saturated carbocycles. The maximum absolute atomic E-state index is 11.4. The minimum Gasteiger partial charge on any atom is -0.478 e. The topological polar surface area (TPSA) is 95.1 Å². The van der Waals surface area contributed by atoms with Crippen molar-refractivity contribution in [2.45, 2.75) is 13.3 Å². The van der Waals surface area contributed by atoms with Crippen molar-refractivity contribution in [3.8, 4) is 0 Å². The molecule has 6 nitrogen and oxygen atoms in total. The number of benzene rings is 1. The van der Waals surface area contributed by atoms with Crippen LogP contribution in [0.2, 0.25) is 5.02 Å². The molecule has 1 aromatic carbocycles. The Morgan fingerprint density at radius 2 is 2.20 bits per heavy atom. The summed E-state index contributed by atoms with van der Waals surface area (Å²) < 4.78 is 0. The minimum absolute atomic E-state index is 0.0914. The van der Waals surface area contributed by atoms with Crippen LogP contribution in [0.5, 0.6) is 0 Å². The number of nitrogens with one attached hydrogen (secondary N) is 2. The highest BCUT2D eigenvalue weighted by Gasteiger charge is 2.08. The summed E-state index contributed by atoms with van der Waals surface area (Å²) in [4.78, 5) is 29.1. The van der Waals surface area contributed by atoms with Gasteiger partial charge in [-0.25, -0.2) is 9.78 Å². The minimum atomic E-state index is -1.05. The predicted octanol–water partition coefficient (Wildman–Crippen LogP) is 2.43. The smallest absolute Gasteiger partial charge is 0.335 e. The van der Waals surface area contributed by atoms with Gasteiger partial charge in [-0.15, -0.1) is 0 Å². The number of hydrogen-bond donors (Lipinski definition) is 3. The molecular formula is C13H12ClN3O3. The largest absolute Gasteiger partial charge is 0.478 e. The lowest BCUT2D eigenvalue weighted by atomic mass is 10.2. The van der Waals surface area contributed by atoms with E-state index >= 15 is 0 Å². The van der Waals surface area contributed by atoms with Crippen molar-refractivity contribution in [1.29, 1.82) is 0 Å². The Balaban J connectivity index is 2.32. The molecule has 0 amide bonds. The van der Waals surface area contributed by atoms with E-state index in [9.17, 15) is 9.59 Å². The Kier molecular flexibility index (Phi) is 4.05. The molecule has 20 heavy (non-hydrogen) atoms. The number of aromatic carboxylic acids is 1. The van der Waals surface area contributed by atoms with Crippen LogP contribution in [0.25, 0.3) is 0 Å². The summed E-state index contributed by atoms with van der Waals surface area (Å²) in [5.74, 6) is -0.144. The van der Waals surface area contributed by atoms with E-state index in [2.05, 4.69) is 15.3 Å². The van der Waals surface area contributed by atoms with Crippen molar-refractivity contribution in [2.24, 2.45) is 0 Å². The molecular weight excluding hydrogens is 282 g/mol. The van der Waals surface area contributed by atoms with Crippen LogP contribution < -0.4 is 10.9 Å². The first-order chi connectivity index (χ1) is 9.49. The standard InChI is InChI=1S/C13H12ClN3O3/c1-2-10-16-11(6-12(18)17-10)15-9-4-3-7(13(19)20)5-8(9)14/h3-6H,2H2,1H3,(H,19,20)(H2,15,16,17,18). The summed E-state index contributed by atoms with van der Waals surface area (Å²) in [5, 5.41) is 12.0. The lowest BCUT2D eigenvalue weighted by Gasteiger charge is -2.09. The van der Waals surface area contributed by atoms with Gasteiger partial charge >= 0.3 is 5.97 Å². The molecule has 0 saturated heterocycles. The summed E-state index contributed by atoms with van der Waals surface area (Å²) in [6, 6.07) is 5.59. The Morgan fingerprint density at radius 1 is 1.45 bits per heavy atom.